The zero-order chi connectivity index (χ0) is 35.2. The molecule has 1 nitrogen and oxygen atoms in total. The quantitative estimate of drug-likeness (QED) is 0.0984. The number of hydrogen-bond acceptors (Lipinski definition) is 1. The zero-order valence-electron chi connectivity index (χ0n) is 29.6. The van der Waals surface area contributed by atoms with Crippen molar-refractivity contribution in [3.63, 3.8) is 0 Å². The van der Waals surface area contributed by atoms with Crippen LogP contribution in [0.2, 0.25) is 0 Å². The fourth-order valence-electron chi connectivity index (χ4n) is 6.54. The van der Waals surface area contributed by atoms with E-state index in [0.29, 0.717) is 5.14 Å². The van der Waals surface area contributed by atoms with Gasteiger partial charge in [-0.05, 0) is 70.9 Å². The van der Waals surface area contributed by atoms with E-state index >= 15 is 0 Å². The molecule has 54 heavy (non-hydrogen) atoms. The molecule has 0 atom stereocenters. The molecule has 0 aliphatic heterocycles. The number of benzene rings is 7. The first kappa shape index (κ1) is 41.1. The second-order valence-electron chi connectivity index (χ2n) is 12.2. The fourth-order valence-corrected chi connectivity index (χ4v) is 21.4. The molecule has 8 aromatic rings. The first-order chi connectivity index (χ1) is 25.9. The van der Waals surface area contributed by atoms with Gasteiger partial charge in [0, 0.05) is 35.2 Å². The van der Waals surface area contributed by atoms with E-state index in [2.05, 4.69) is 193 Å². The fraction of sp³-hybridized carbons (Fsp3) is 0.0208. The Morgan fingerprint density at radius 2 is 0.759 bits per heavy atom. The van der Waals surface area contributed by atoms with Crippen molar-refractivity contribution in [2.24, 2.45) is 0 Å². The van der Waals surface area contributed by atoms with E-state index in [1.165, 1.54) is 31.8 Å². The predicted octanol–water partition coefficient (Wildman–Crippen LogP) is 10.1. The Morgan fingerprint density at radius 3 is 1.09 bits per heavy atom. The summed E-state index contributed by atoms with van der Waals surface area (Å²) in [6.07, 6.45) is 1.79. The Morgan fingerprint density at radius 1 is 0.407 bits per heavy atom. The summed E-state index contributed by atoms with van der Waals surface area (Å²) in [5.74, 6) is 0. The van der Waals surface area contributed by atoms with E-state index in [1.54, 1.807) is 6.20 Å². The molecule has 0 fully saturated rings. The van der Waals surface area contributed by atoms with Gasteiger partial charge in [-0.15, -0.1) is 48.3 Å². The van der Waals surface area contributed by atoms with E-state index in [1.807, 2.05) is 42.5 Å². The van der Waals surface area contributed by atoms with E-state index in [9.17, 15) is 0 Å². The molecule has 8 rings (SSSR count). The number of halogens is 1. The minimum absolute atomic E-state index is 0. The summed E-state index contributed by atoms with van der Waals surface area (Å²) in [5.41, 5.74) is 2.01. The Bertz CT molecular complexity index is 1830. The van der Waals surface area contributed by atoms with Crippen molar-refractivity contribution in [2.45, 2.75) is 5.14 Å². The van der Waals surface area contributed by atoms with Gasteiger partial charge in [0.2, 0.25) is 5.14 Å². The van der Waals surface area contributed by atoms with Crippen molar-refractivity contribution in [3.8, 4) is 11.3 Å². The van der Waals surface area contributed by atoms with Crippen molar-refractivity contribution >= 4 is 68.0 Å². The molecule has 0 saturated heterocycles. The smallest absolute Gasteiger partial charge is 0.206 e. The summed E-state index contributed by atoms with van der Waals surface area (Å²) < 4.78 is 0. The van der Waals surface area contributed by atoms with Crippen molar-refractivity contribution in [1.82, 2.24) is 4.98 Å². The zero-order valence-corrected chi connectivity index (χ0v) is 35.6. The third kappa shape index (κ3) is 10.6. The van der Waals surface area contributed by atoms with Crippen LogP contribution >= 0.6 is 36.2 Å². The molecule has 0 aliphatic carbocycles. The van der Waals surface area contributed by atoms with Gasteiger partial charge >= 0.3 is 0 Å². The Kier molecular flexibility index (Phi) is 16.6. The molecule has 0 spiro atoms. The van der Waals surface area contributed by atoms with Gasteiger partial charge in [0.1, 0.15) is 37.1 Å². The number of hydrogen-bond donors (Lipinski definition) is 0. The van der Waals surface area contributed by atoms with Crippen LogP contribution in [0.15, 0.2) is 231 Å². The second kappa shape index (κ2) is 21.7. The average molecular weight is 956 g/mol. The minimum atomic E-state index is -1.25. The molecule has 0 saturated carbocycles. The van der Waals surface area contributed by atoms with Crippen LogP contribution in [0, 0.1) is 6.07 Å². The molecular weight excluding hydrogens is 914 g/mol. The molecule has 0 amide bonds. The van der Waals surface area contributed by atoms with Gasteiger partial charge in [-0.1, -0.05) is 146 Å². The van der Waals surface area contributed by atoms with Gasteiger partial charge in [0.15, 0.2) is 0 Å². The standard InChI is InChI=1S/C37H31P3.C11H8N.ClH.Pt/c1-7-19-31(20-8-1)38(32-21-9-2-10-22-32)37(39(33-23-11-3-12-24-33)34-25-13-4-14-26-34)40(35-27-15-5-16-28-35)36-29-17-6-18-30-36;1-2-6-10(7-3-1)11-8-4-5-9-12-11;;/h1-30,37H;1-6,8-9H;1H;/q;-1;;/p+2. The van der Waals surface area contributed by atoms with Crippen LogP contribution < -0.4 is 31.8 Å². The molecule has 0 bridgehead atoms. The van der Waals surface area contributed by atoms with Crippen LogP contribution in [0.5, 0.6) is 0 Å². The van der Waals surface area contributed by atoms with Gasteiger partial charge in [-0.2, -0.15) is 0 Å². The monoisotopic (exact) mass is 955 g/mol. The van der Waals surface area contributed by atoms with Crippen molar-refractivity contribution in [2.75, 3.05) is 0 Å². The molecule has 6 heteroatoms. The largest absolute Gasteiger partial charge is 0.305 e. The summed E-state index contributed by atoms with van der Waals surface area (Å²) in [7, 11) is -3.20. The molecular formula is C48H42ClNP3Pt+. The first-order valence-corrected chi connectivity index (χ1v) is 22.2. The van der Waals surface area contributed by atoms with Gasteiger partial charge in [0.25, 0.3) is 0 Å². The van der Waals surface area contributed by atoms with Gasteiger partial charge < -0.3 is 4.98 Å². The average Bonchev–Trinajstić information content (AvgIpc) is 3.24. The minimum Gasteiger partial charge on any atom is -0.305 e. The van der Waals surface area contributed by atoms with Crippen molar-refractivity contribution in [1.29, 1.82) is 0 Å². The molecule has 270 valence electrons. The molecule has 0 unspecified atom stereocenters. The van der Waals surface area contributed by atoms with Gasteiger partial charge in [-0.3, -0.25) is 0 Å². The van der Waals surface area contributed by atoms with E-state index in [0.717, 1.165) is 11.3 Å². The molecule has 1 heterocycles. The summed E-state index contributed by atoms with van der Waals surface area (Å²) in [4.78, 5) is 4.22. The van der Waals surface area contributed by atoms with Crippen LogP contribution in [-0.2, 0) is 21.1 Å². The Hall–Kier alpha value is -4.04. The van der Waals surface area contributed by atoms with Crippen LogP contribution in [0.25, 0.3) is 11.3 Å². The van der Waals surface area contributed by atoms with E-state index in [-0.39, 0.29) is 33.5 Å². The predicted molar refractivity (Wildman–Crippen MR) is 240 cm³/mol. The Balaban J connectivity index is 0.000000341. The maximum Gasteiger partial charge on any atom is 0.206 e. The number of nitrogens with zero attached hydrogens (tertiary/aromatic N) is 1. The van der Waals surface area contributed by atoms with Crippen LogP contribution in [0.3, 0.4) is 0 Å². The second-order valence-corrected chi connectivity index (χ2v) is 21.2. The van der Waals surface area contributed by atoms with E-state index < -0.39 is 23.8 Å². The summed E-state index contributed by atoms with van der Waals surface area (Å²) in [6.45, 7) is 0. The number of pyridine rings is 1. The van der Waals surface area contributed by atoms with Crippen LogP contribution in [-0.4, -0.2) is 10.1 Å². The summed E-state index contributed by atoms with van der Waals surface area (Å²) in [6, 6.07) is 85.0. The Labute approximate surface area is 344 Å². The molecule has 0 N–H and O–H groups in total. The molecule has 0 radical (unpaired) electrons. The first-order valence-electron chi connectivity index (χ1n) is 17.6. The maximum absolute atomic E-state index is 4.22. The summed E-state index contributed by atoms with van der Waals surface area (Å²) in [5, 5.41) is 9.30. The van der Waals surface area contributed by atoms with Crippen LogP contribution in [0.4, 0.5) is 0 Å². The number of rotatable bonds is 10. The van der Waals surface area contributed by atoms with Crippen molar-refractivity contribution < 1.29 is 21.1 Å². The third-order valence-corrected chi connectivity index (χ3v) is 20.8. The molecule has 7 aromatic carbocycles. The van der Waals surface area contributed by atoms with Crippen molar-refractivity contribution in [3.05, 3.63) is 237 Å². The maximum atomic E-state index is 4.22. The molecule has 0 aliphatic rings. The topological polar surface area (TPSA) is 12.9 Å². The third-order valence-electron chi connectivity index (χ3n) is 8.86. The van der Waals surface area contributed by atoms with E-state index in [4.69, 9.17) is 0 Å². The van der Waals surface area contributed by atoms with Crippen LogP contribution in [0.1, 0.15) is 0 Å². The normalized spacial score (nSPS) is 10.6. The van der Waals surface area contributed by atoms with Gasteiger partial charge in [-0.25, -0.2) is 0 Å². The summed E-state index contributed by atoms with van der Waals surface area (Å²) >= 11 is 0. The molecule has 1 aromatic heterocycles. The SMILES string of the molecule is Cl.[Pt].[c-]1ccccc1-c1ccccn1.c1ccc(P(c2ccccc2)C([PH+](c2ccccc2)c2ccccc2)[PH+](c2ccccc2)c2ccccc2)cc1. The van der Waals surface area contributed by atoms with Gasteiger partial charge in [0.05, 0.1) is 0 Å². The number of aromatic nitrogens is 1.